The van der Waals surface area contributed by atoms with Gasteiger partial charge in [0, 0.05) is 40.1 Å². The summed E-state index contributed by atoms with van der Waals surface area (Å²) >= 11 is 4.38. The van der Waals surface area contributed by atoms with Crippen molar-refractivity contribution in [3.63, 3.8) is 0 Å². The van der Waals surface area contributed by atoms with Gasteiger partial charge in [-0.2, -0.15) is 0 Å². The van der Waals surface area contributed by atoms with E-state index in [9.17, 15) is 0 Å². The normalized spacial score (nSPS) is 26.3. The third-order valence-electron chi connectivity index (χ3n) is 9.93. The zero-order valence-corrected chi connectivity index (χ0v) is 24.4. The van der Waals surface area contributed by atoms with E-state index in [0.29, 0.717) is 22.3 Å². The predicted octanol–water partition coefficient (Wildman–Crippen LogP) is 8.35. The maximum Gasteiger partial charge on any atom is 0.122 e. The molecule has 0 saturated heterocycles. The Bertz CT molecular complexity index is 1600. The van der Waals surface area contributed by atoms with Gasteiger partial charge in [0.15, 0.2) is 0 Å². The van der Waals surface area contributed by atoms with E-state index in [1.54, 1.807) is 32.1 Å². The van der Waals surface area contributed by atoms with Gasteiger partial charge in [-0.25, -0.2) is 0 Å². The lowest BCUT2D eigenvalue weighted by Gasteiger charge is -2.42. The van der Waals surface area contributed by atoms with Crippen LogP contribution in [0.25, 0.3) is 0 Å². The molecule has 3 aromatic rings. The molecule has 0 fully saturated rings. The van der Waals surface area contributed by atoms with Crippen LogP contribution in [-0.4, -0.2) is 23.7 Å². The number of benzene rings is 3. The summed E-state index contributed by atoms with van der Waals surface area (Å²) in [5, 5.41) is 1.41. The molecule has 0 N–H and O–H groups in total. The first kappa shape index (κ1) is 24.1. The minimum absolute atomic E-state index is 0.592. The molecule has 4 heterocycles. The van der Waals surface area contributed by atoms with Crippen LogP contribution in [-0.2, 0) is 32.1 Å². The minimum Gasteiger partial charge on any atom is -0.493 e. The molecule has 0 spiro atoms. The smallest absolute Gasteiger partial charge is 0.122 e. The van der Waals surface area contributed by atoms with Crippen LogP contribution < -0.4 is 9.47 Å². The van der Waals surface area contributed by atoms with Crippen LogP contribution in [0.1, 0.15) is 70.0 Å². The summed E-state index contributed by atoms with van der Waals surface area (Å²) in [5.41, 5.74) is 12.3. The first-order valence-corrected chi connectivity index (χ1v) is 16.9. The van der Waals surface area contributed by atoms with Crippen LogP contribution in [0.3, 0.4) is 0 Å². The Hall–Kier alpha value is -2.56. The molecule has 0 amide bonds. The zero-order valence-electron chi connectivity index (χ0n) is 22.8. The number of hydrogen-bond acceptors (Lipinski definition) is 4. The Kier molecular flexibility index (Phi) is 5.71. The van der Waals surface area contributed by atoms with Crippen LogP contribution >= 0.6 is 23.5 Å². The average Bonchev–Trinajstić information content (AvgIpc) is 3.76. The van der Waals surface area contributed by atoms with Crippen LogP contribution in [0.2, 0.25) is 0 Å². The molecule has 202 valence electrons. The van der Waals surface area contributed by atoms with Gasteiger partial charge in [-0.05, 0) is 100 Å². The number of allylic oxidation sites excluding steroid dienone is 4. The van der Waals surface area contributed by atoms with Gasteiger partial charge in [0.1, 0.15) is 11.5 Å². The van der Waals surface area contributed by atoms with E-state index in [0.717, 1.165) is 37.6 Å². The molecule has 2 aliphatic carbocycles. The minimum atomic E-state index is 0.592. The highest BCUT2D eigenvalue weighted by atomic mass is 32.2. The third-order valence-corrected chi connectivity index (χ3v) is 12.9. The van der Waals surface area contributed by atoms with Gasteiger partial charge >= 0.3 is 0 Å². The van der Waals surface area contributed by atoms with Crippen molar-refractivity contribution in [3.8, 4) is 11.5 Å². The molecule has 0 bridgehead atoms. The maximum atomic E-state index is 5.71. The monoisotopic (exact) mass is 562 g/mol. The van der Waals surface area contributed by atoms with Crippen LogP contribution in [0, 0.1) is 0 Å². The average molecular weight is 563 g/mol. The second-order valence-electron chi connectivity index (χ2n) is 12.4. The second-order valence-corrected chi connectivity index (χ2v) is 15.0. The van der Waals surface area contributed by atoms with Crippen molar-refractivity contribution in [2.24, 2.45) is 0 Å². The lowest BCUT2D eigenvalue weighted by Crippen LogP contribution is -2.26. The number of rotatable bonds is 6. The summed E-state index contributed by atoms with van der Waals surface area (Å²) in [6, 6.07) is 18.7. The van der Waals surface area contributed by atoms with E-state index in [1.807, 2.05) is 0 Å². The van der Waals surface area contributed by atoms with E-state index in [2.05, 4.69) is 84.2 Å². The number of aryl methyl sites for hydroxylation is 2. The van der Waals surface area contributed by atoms with Crippen molar-refractivity contribution in [3.05, 3.63) is 110 Å². The molecule has 0 aromatic heterocycles. The van der Waals surface area contributed by atoms with Gasteiger partial charge in [0.2, 0.25) is 0 Å². The van der Waals surface area contributed by atoms with Gasteiger partial charge in [-0.15, -0.1) is 23.5 Å². The third kappa shape index (κ3) is 3.93. The van der Waals surface area contributed by atoms with Crippen molar-refractivity contribution in [2.45, 2.75) is 78.6 Å². The summed E-state index contributed by atoms with van der Waals surface area (Å²) in [6.45, 7) is 1.69. The molecule has 4 aliphatic heterocycles. The summed E-state index contributed by atoms with van der Waals surface area (Å²) in [7, 11) is 0. The molecule has 2 nitrogen and oxygen atoms in total. The molecule has 9 rings (SSSR count). The second kappa shape index (κ2) is 9.49. The zero-order chi connectivity index (χ0) is 26.2. The fourth-order valence-corrected chi connectivity index (χ4v) is 11.0. The van der Waals surface area contributed by atoms with E-state index in [1.165, 1.54) is 60.8 Å². The lowest BCUT2D eigenvalue weighted by atomic mass is 9.64. The van der Waals surface area contributed by atoms with E-state index < -0.39 is 0 Å². The Morgan fingerprint density at radius 3 is 2.15 bits per heavy atom. The SMILES string of the molecule is C1=CC2c3c(ccc4c3SC(CCc3ccc5c(c3)CCO5)C4)C2C2=C1CC(CCc1ccc3c(c1)CCO3)S2. The van der Waals surface area contributed by atoms with Crippen molar-refractivity contribution in [1.82, 2.24) is 0 Å². The Labute approximate surface area is 245 Å². The molecule has 4 heteroatoms. The topological polar surface area (TPSA) is 18.5 Å². The summed E-state index contributed by atoms with van der Waals surface area (Å²) in [5.74, 6) is 3.40. The van der Waals surface area contributed by atoms with Gasteiger partial charge in [-0.1, -0.05) is 48.6 Å². The van der Waals surface area contributed by atoms with Gasteiger partial charge in [0.25, 0.3) is 0 Å². The molecular formula is C36H34O2S2. The Morgan fingerprint density at radius 2 is 1.43 bits per heavy atom. The van der Waals surface area contributed by atoms with Crippen molar-refractivity contribution >= 4 is 23.5 Å². The highest BCUT2D eigenvalue weighted by Crippen LogP contribution is 2.64. The fraction of sp³-hybridized carbons (Fsp3) is 0.389. The fourth-order valence-electron chi connectivity index (χ4n) is 7.86. The van der Waals surface area contributed by atoms with Gasteiger partial charge < -0.3 is 9.47 Å². The van der Waals surface area contributed by atoms with Crippen LogP contribution in [0.5, 0.6) is 11.5 Å². The quantitative estimate of drug-likeness (QED) is 0.300. The maximum absolute atomic E-state index is 5.71. The molecule has 0 radical (unpaired) electrons. The molecular weight excluding hydrogens is 529 g/mol. The summed E-state index contributed by atoms with van der Waals surface area (Å²) in [6.07, 6.45) is 14.5. The van der Waals surface area contributed by atoms with Crippen molar-refractivity contribution < 1.29 is 9.47 Å². The molecule has 0 saturated carbocycles. The first-order valence-electron chi connectivity index (χ1n) is 15.2. The van der Waals surface area contributed by atoms with Crippen molar-refractivity contribution in [1.29, 1.82) is 0 Å². The Balaban J connectivity index is 0.863. The van der Waals surface area contributed by atoms with Gasteiger partial charge in [0.05, 0.1) is 13.2 Å². The predicted molar refractivity (Wildman–Crippen MR) is 165 cm³/mol. The highest BCUT2D eigenvalue weighted by Gasteiger charge is 2.47. The first-order chi connectivity index (χ1) is 19.8. The van der Waals surface area contributed by atoms with Crippen LogP contribution in [0.15, 0.2) is 76.1 Å². The molecule has 6 aliphatic rings. The standard InChI is InChI=1S/C36H34O2S2/c1(21-3-11-31-23(17-21)13-15-37-31)7-27-19-25-5-9-29-33(35(25)39-27)30-10-6-26-20-28(40-36(26)34(29)30)8-2-22-4-12-32-24(18-22)14-16-38-32/h3-6,9-12,17-18,27-29,33H,1-2,7-8,13-16,19-20H2. The van der Waals surface area contributed by atoms with Crippen LogP contribution in [0.4, 0.5) is 0 Å². The molecule has 4 atom stereocenters. The number of fused-ring (bicyclic) bond motifs is 9. The number of ether oxygens (including phenoxy) is 2. The number of thioether (sulfide) groups is 2. The number of hydrogen-bond donors (Lipinski definition) is 0. The van der Waals surface area contributed by atoms with E-state index in [4.69, 9.17) is 9.47 Å². The molecule has 4 unspecified atom stereocenters. The largest absolute Gasteiger partial charge is 0.493 e. The Morgan fingerprint density at radius 1 is 0.725 bits per heavy atom. The van der Waals surface area contributed by atoms with E-state index >= 15 is 0 Å². The highest BCUT2D eigenvalue weighted by molar-refractivity contribution is 8.04. The summed E-state index contributed by atoms with van der Waals surface area (Å²) in [4.78, 5) is 3.31. The van der Waals surface area contributed by atoms with Crippen molar-refractivity contribution in [2.75, 3.05) is 13.2 Å². The molecule has 3 aromatic carbocycles. The van der Waals surface area contributed by atoms with E-state index in [-0.39, 0.29) is 0 Å². The lowest BCUT2D eigenvalue weighted by molar-refractivity contribution is 0.356. The molecule has 40 heavy (non-hydrogen) atoms. The van der Waals surface area contributed by atoms with Gasteiger partial charge in [-0.3, -0.25) is 0 Å². The summed E-state index contributed by atoms with van der Waals surface area (Å²) < 4.78 is 11.4.